The highest BCUT2D eigenvalue weighted by molar-refractivity contribution is 9.10. The summed E-state index contributed by atoms with van der Waals surface area (Å²) >= 11 is 3.40. The maximum atomic E-state index is 8.96. The molecule has 12 heavy (non-hydrogen) atoms. The number of methoxy groups -OCH3 is 1. The Morgan fingerprint density at radius 3 is 2.67 bits per heavy atom. The number of benzene rings is 1. The summed E-state index contributed by atoms with van der Waals surface area (Å²) in [6, 6.07) is 3.80. The summed E-state index contributed by atoms with van der Waals surface area (Å²) in [7, 11) is 1.60. The third kappa shape index (κ3) is 1.62. The van der Waals surface area contributed by atoms with Gasteiger partial charge in [-0.3, -0.25) is 0 Å². The predicted octanol–water partition coefficient (Wildman–Crippen LogP) is 2.26. The Labute approximate surface area is 80.3 Å². The van der Waals surface area contributed by atoms with E-state index in [0.29, 0.717) is 0 Å². The molecule has 0 aromatic heterocycles. The minimum atomic E-state index is 0.00204. The lowest BCUT2D eigenvalue weighted by Crippen LogP contribution is -1.94. The molecule has 0 unspecified atom stereocenters. The lowest BCUT2D eigenvalue weighted by molar-refractivity contribution is 0.273. The summed E-state index contributed by atoms with van der Waals surface area (Å²) in [6.07, 6.45) is 0. The van der Waals surface area contributed by atoms with Crippen molar-refractivity contribution >= 4 is 15.9 Å². The van der Waals surface area contributed by atoms with Gasteiger partial charge in [0.1, 0.15) is 5.75 Å². The van der Waals surface area contributed by atoms with Crippen molar-refractivity contribution in [2.75, 3.05) is 7.11 Å². The Hall–Kier alpha value is -0.540. The van der Waals surface area contributed by atoms with Gasteiger partial charge in [-0.25, -0.2) is 0 Å². The molecule has 3 heteroatoms. The SMILES string of the molecule is COc1c(CO)ccc(C)c1Br. The molecule has 0 bridgehead atoms. The van der Waals surface area contributed by atoms with Crippen LogP contribution in [0.5, 0.6) is 5.75 Å². The Kier molecular flexibility index (Phi) is 3.12. The molecule has 0 atom stereocenters. The lowest BCUT2D eigenvalue weighted by atomic mass is 10.1. The predicted molar refractivity (Wildman–Crippen MR) is 51.4 cm³/mol. The normalized spacial score (nSPS) is 10.0. The Morgan fingerprint density at radius 1 is 1.50 bits per heavy atom. The van der Waals surface area contributed by atoms with Gasteiger partial charge in [-0.05, 0) is 28.4 Å². The molecule has 2 nitrogen and oxygen atoms in total. The third-order valence-corrected chi connectivity index (χ3v) is 2.73. The van der Waals surface area contributed by atoms with Gasteiger partial charge in [0.05, 0.1) is 18.2 Å². The van der Waals surface area contributed by atoms with Crippen LogP contribution in [0.3, 0.4) is 0 Å². The second-order valence-corrected chi connectivity index (χ2v) is 3.34. The second kappa shape index (κ2) is 3.92. The third-order valence-electron chi connectivity index (χ3n) is 1.75. The molecule has 0 fully saturated rings. The van der Waals surface area contributed by atoms with Crippen molar-refractivity contribution in [2.45, 2.75) is 13.5 Å². The number of halogens is 1. The maximum absolute atomic E-state index is 8.96. The van der Waals surface area contributed by atoms with Crippen molar-refractivity contribution in [3.8, 4) is 5.75 Å². The highest BCUT2D eigenvalue weighted by Crippen LogP contribution is 2.31. The van der Waals surface area contributed by atoms with Gasteiger partial charge in [0.15, 0.2) is 0 Å². The van der Waals surface area contributed by atoms with Gasteiger partial charge in [0, 0.05) is 5.56 Å². The van der Waals surface area contributed by atoms with Crippen molar-refractivity contribution in [1.82, 2.24) is 0 Å². The van der Waals surface area contributed by atoms with Crippen LogP contribution in [-0.2, 0) is 6.61 Å². The van der Waals surface area contributed by atoms with Gasteiger partial charge >= 0.3 is 0 Å². The number of rotatable bonds is 2. The fraction of sp³-hybridized carbons (Fsp3) is 0.333. The Morgan fingerprint density at radius 2 is 2.17 bits per heavy atom. The molecule has 1 rings (SSSR count). The fourth-order valence-electron chi connectivity index (χ4n) is 1.04. The monoisotopic (exact) mass is 230 g/mol. The molecule has 0 aliphatic rings. The van der Waals surface area contributed by atoms with Gasteiger partial charge in [-0.2, -0.15) is 0 Å². The molecule has 0 amide bonds. The number of hydrogen-bond donors (Lipinski definition) is 1. The molecule has 0 saturated carbocycles. The molecule has 0 heterocycles. The molecule has 1 aromatic carbocycles. The first kappa shape index (κ1) is 9.55. The van der Waals surface area contributed by atoms with Crippen LogP contribution in [0.25, 0.3) is 0 Å². The van der Waals surface area contributed by atoms with Crippen molar-refractivity contribution in [2.24, 2.45) is 0 Å². The number of aryl methyl sites for hydroxylation is 1. The van der Waals surface area contributed by atoms with Crippen LogP contribution in [0.1, 0.15) is 11.1 Å². The van der Waals surface area contributed by atoms with Gasteiger partial charge in [0.25, 0.3) is 0 Å². The smallest absolute Gasteiger partial charge is 0.138 e. The van der Waals surface area contributed by atoms with E-state index in [0.717, 1.165) is 21.3 Å². The van der Waals surface area contributed by atoms with Crippen LogP contribution < -0.4 is 4.74 Å². The highest BCUT2D eigenvalue weighted by atomic mass is 79.9. The van der Waals surface area contributed by atoms with E-state index in [-0.39, 0.29) is 6.61 Å². The van der Waals surface area contributed by atoms with Crippen molar-refractivity contribution in [1.29, 1.82) is 0 Å². The van der Waals surface area contributed by atoms with Crippen molar-refractivity contribution < 1.29 is 9.84 Å². The summed E-state index contributed by atoms with van der Waals surface area (Å²) in [5.41, 5.74) is 1.90. The number of aliphatic hydroxyl groups excluding tert-OH is 1. The zero-order valence-corrected chi connectivity index (χ0v) is 8.68. The summed E-state index contributed by atoms with van der Waals surface area (Å²) in [4.78, 5) is 0. The van der Waals surface area contributed by atoms with E-state index in [1.165, 1.54) is 0 Å². The number of ether oxygens (including phenoxy) is 1. The van der Waals surface area contributed by atoms with E-state index >= 15 is 0 Å². The Bertz CT molecular complexity index is 284. The van der Waals surface area contributed by atoms with Crippen LogP contribution in [0.4, 0.5) is 0 Å². The number of hydrogen-bond acceptors (Lipinski definition) is 2. The quantitative estimate of drug-likeness (QED) is 0.845. The summed E-state index contributed by atoms with van der Waals surface area (Å²) in [5.74, 6) is 0.720. The lowest BCUT2D eigenvalue weighted by Gasteiger charge is -2.09. The zero-order chi connectivity index (χ0) is 9.14. The molecule has 66 valence electrons. The molecule has 1 N–H and O–H groups in total. The minimum absolute atomic E-state index is 0.00204. The first-order chi connectivity index (χ1) is 5.70. The van der Waals surface area contributed by atoms with Crippen LogP contribution in [-0.4, -0.2) is 12.2 Å². The molecule has 0 aliphatic carbocycles. The van der Waals surface area contributed by atoms with Gasteiger partial charge in [-0.1, -0.05) is 12.1 Å². The van der Waals surface area contributed by atoms with Gasteiger partial charge < -0.3 is 9.84 Å². The summed E-state index contributed by atoms with van der Waals surface area (Å²) in [5, 5.41) is 8.96. The van der Waals surface area contributed by atoms with E-state index in [2.05, 4.69) is 15.9 Å². The van der Waals surface area contributed by atoms with E-state index in [9.17, 15) is 0 Å². The van der Waals surface area contributed by atoms with E-state index < -0.39 is 0 Å². The molecule has 1 aromatic rings. The van der Waals surface area contributed by atoms with E-state index in [1.54, 1.807) is 7.11 Å². The van der Waals surface area contributed by atoms with Crippen molar-refractivity contribution in [3.05, 3.63) is 27.7 Å². The molecule has 0 aliphatic heterocycles. The second-order valence-electron chi connectivity index (χ2n) is 2.55. The van der Waals surface area contributed by atoms with Crippen LogP contribution in [0.15, 0.2) is 16.6 Å². The topological polar surface area (TPSA) is 29.5 Å². The van der Waals surface area contributed by atoms with Gasteiger partial charge in [0.2, 0.25) is 0 Å². The van der Waals surface area contributed by atoms with Crippen LogP contribution in [0, 0.1) is 6.92 Å². The first-order valence-electron chi connectivity index (χ1n) is 3.63. The molecule has 0 saturated heterocycles. The molecular formula is C9H11BrO2. The summed E-state index contributed by atoms with van der Waals surface area (Å²) in [6.45, 7) is 1.98. The average molecular weight is 231 g/mol. The van der Waals surface area contributed by atoms with E-state index in [4.69, 9.17) is 9.84 Å². The molecule has 0 radical (unpaired) electrons. The van der Waals surface area contributed by atoms with Crippen LogP contribution in [0.2, 0.25) is 0 Å². The van der Waals surface area contributed by atoms with Crippen molar-refractivity contribution in [3.63, 3.8) is 0 Å². The largest absolute Gasteiger partial charge is 0.495 e. The Balaban J connectivity index is 3.25. The minimum Gasteiger partial charge on any atom is -0.495 e. The maximum Gasteiger partial charge on any atom is 0.138 e. The molecule has 0 spiro atoms. The average Bonchev–Trinajstić information content (AvgIpc) is 2.09. The fourth-order valence-corrected chi connectivity index (χ4v) is 1.59. The molecular weight excluding hydrogens is 220 g/mol. The number of aliphatic hydroxyl groups is 1. The standard InChI is InChI=1S/C9H11BrO2/c1-6-3-4-7(5-11)9(12-2)8(6)10/h3-4,11H,5H2,1-2H3. The van der Waals surface area contributed by atoms with Gasteiger partial charge in [-0.15, -0.1) is 0 Å². The highest BCUT2D eigenvalue weighted by Gasteiger charge is 2.07. The first-order valence-corrected chi connectivity index (χ1v) is 4.42. The summed E-state index contributed by atoms with van der Waals surface area (Å²) < 4.78 is 6.05. The van der Waals surface area contributed by atoms with E-state index in [1.807, 2.05) is 19.1 Å². The van der Waals surface area contributed by atoms with Crippen LogP contribution >= 0.6 is 15.9 Å². The zero-order valence-electron chi connectivity index (χ0n) is 7.10.